The normalized spacial score (nSPS) is 12.4. The summed E-state index contributed by atoms with van der Waals surface area (Å²) in [5.41, 5.74) is 15.8. The number of allylic oxidation sites excluding steroid dienone is 4. The van der Waals surface area contributed by atoms with E-state index in [9.17, 15) is 0 Å². The molecule has 0 amide bonds. The Morgan fingerprint density at radius 1 is 0.545 bits per heavy atom. The Hall–Kier alpha value is -6.38. The molecular weight excluding hydrogens is 665 g/mol. The first-order chi connectivity index (χ1) is 26.8. The van der Waals surface area contributed by atoms with Crippen molar-refractivity contribution >= 4 is 33.2 Å². The van der Waals surface area contributed by atoms with E-state index in [0.717, 1.165) is 23.5 Å². The van der Waals surface area contributed by atoms with Crippen LogP contribution < -0.4 is 4.90 Å². The molecule has 0 radical (unpaired) electrons. The molecule has 0 atom stereocenters. The van der Waals surface area contributed by atoms with Crippen molar-refractivity contribution in [1.29, 1.82) is 0 Å². The van der Waals surface area contributed by atoms with Crippen LogP contribution in [-0.4, -0.2) is 4.57 Å². The monoisotopic (exact) mass is 712 g/mol. The predicted molar refractivity (Wildman–Crippen MR) is 237 cm³/mol. The number of hydrogen-bond donors (Lipinski definition) is 0. The van der Waals surface area contributed by atoms with Crippen LogP contribution in [0.25, 0.3) is 49.7 Å². The lowest BCUT2D eigenvalue weighted by Gasteiger charge is -2.30. The summed E-state index contributed by atoms with van der Waals surface area (Å²) in [6.45, 7) is 11.4. The zero-order valence-corrected chi connectivity index (χ0v) is 32.5. The SMILES string of the molecule is CC/C(=C\C=C(/C)N(c1ccc(-c2ccccc2)cc1)c1ccc(-c2ccc3c(c2)c2ccccc2n3-c2ccccc2)cc1)C(C)(C)c1ccccc1C. The van der Waals surface area contributed by atoms with E-state index in [1.165, 1.54) is 66.4 Å². The number of aryl methyl sites for hydroxylation is 1. The van der Waals surface area contributed by atoms with Crippen molar-refractivity contribution < 1.29 is 0 Å². The highest BCUT2D eigenvalue weighted by Crippen LogP contribution is 2.38. The first kappa shape index (κ1) is 35.6. The van der Waals surface area contributed by atoms with E-state index < -0.39 is 0 Å². The molecule has 2 heteroatoms. The summed E-state index contributed by atoms with van der Waals surface area (Å²) in [4.78, 5) is 2.37. The molecule has 55 heavy (non-hydrogen) atoms. The van der Waals surface area contributed by atoms with Gasteiger partial charge in [-0.2, -0.15) is 0 Å². The van der Waals surface area contributed by atoms with Crippen molar-refractivity contribution in [3.05, 3.63) is 210 Å². The Morgan fingerprint density at radius 3 is 1.73 bits per heavy atom. The fraction of sp³-hybridized carbons (Fsp3) is 0.132. The lowest BCUT2D eigenvalue weighted by Crippen LogP contribution is -2.21. The molecule has 0 aliphatic heterocycles. The van der Waals surface area contributed by atoms with Crippen molar-refractivity contribution in [3.63, 3.8) is 0 Å². The molecule has 0 aliphatic carbocycles. The zero-order valence-electron chi connectivity index (χ0n) is 32.5. The van der Waals surface area contributed by atoms with E-state index in [1.807, 2.05) is 0 Å². The summed E-state index contributed by atoms with van der Waals surface area (Å²) in [6.07, 6.45) is 5.62. The van der Waals surface area contributed by atoms with Gasteiger partial charge in [0, 0.05) is 38.9 Å². The smallest absolute Gasteiger partial charge is 0.0541 e. The maximum absolute atomic E-state index is 2.37. The Kier molecular flexibility index (Phi) is 9.83. The number of anilines is 2. The zero-order chi connectivity index (χ0) is 37.9. The summed E-state index contributed by atoms with van der Waals surface area (Å²) in [7, 11) is 0. The fourth-order valence-corrected chi connectivity index (χ4v) is 8.31. The van der Waals surface area contributed by atoms with Crippen LogP contribution in [0.2, 0.25) is 0 Å². The van der Waals surface area contributed by atoms with Crippen LogP contribution in [-0.2, 0) is 5.41 Å². The Labute approximate surface area is 326 Å². The first-order valence-corrected chi connectivity index (χ1v) is 19.4. The van der Waals surface area contributed by atoms with Gasteiger partial charge in [0.25, 0.3) is 0 Å². The van der Waals surface area contributed by atoms with Crippen molar-refractivity contribution in [3.8, 4) is 27.9 Å². The average molecular weight is 713 g/mol. The first-order valence-electron chi connectivity index (χ1n) is 19.4. The van der Waals surface area contributed by atoms with Gasteiger partial charge in [0.2, 0.25) is 0 Å². The van der Waals surface area contributed by atoms with Crippen molar-refractivity contribution in [2.75, 3.05) is 4.90 Å². The van der Waals surface area contributed by atoms with Crippen LogP contribution in [0.1, 0.15) is 45.2 Å². The molecule has 0 unspecified atom stereocenters. The number of aromatic nitrogens is 1. The van der Waals surface area contributed by atoms with E-state index in [2.05, 4.69) is 232 Å². The molecule has 0 saturated heterocycles. The summed E-state index contributed by atoms with van der Waals surface area (Å²) >= 11 is 0. The van der Waals surface area contributed by atoms with Gasteiger partial charge in [-0.05, 0) is 114 Å². The van der Waals surface area contributed by atoms with Gasteiger partial charge < -0.3 is 9.47 Å². The molecule has 0 fully saturated rings. The molecule has 8 aromatic rings. The summed E-state index contributed by atoms with van der Waals surface area (Å²) in [5, 5.41) is 2.52. The number of hydrogen-bond acceptors (Lipinski definition) is 1. The van der Waals surface area contributed by atoms with Gasteiger partial charge in [-0.3, -0.25) is 0 Å². The van der Waals surface area contributed by atoms with E-state index in [-0.39, 0.29) is 5.41 Å². The molecule has 0 bridgehead atoms. The van der Waals surface area contributed by atoms with Crippen LogP contribution in [0, 0.1) is 6.92 Å². The molecule has 270 valence electrons. The van der Waals surface area contributed by atoms with Gasteiger partial charge in [-0.15, -0.1) is 0 Å². The van der Waals surface area contributed by atoms with Gasteiger partial charge >= 0.3 is 0 Å². The molecule has 1 aromatic heterocycles. The van der Waals surface area contributed by atoms with Crippen LogP contribution in [0.4, 0.5) is 11.4 Å². The van der Waals surface area contributed by atoms with Crippen LogP contribution in [0.15, 0.2) is 199 Å². The number of benzene rings is 7. The lowest BCUT2D eigenvalue weighted by molar-refractivity contribution is 0.597. The van der Waals surface area contributed by atoms with Crippen molar-refractivity contribution in [1.82, 2.24) is 4.57 Å². The molecule has 1 heterocycles. The lowest BCUT2D eigenvalue weighted by atomic mass is 9.74. The number of para-hydroxylation sites is 2. The molecular formula is C53H48N2. The van der Waals surface area contributed by atoms with E-state index in [4.69, 9.17) is 0 Å². The summed E-state index contributed by atoms with van der Waals surface area (Å²) in [5.74, 6) is 0. The highest BCUT2D eigenvalue weighted by molar-refractivity contribution is 6.10. The van der Waals surface area contributed by atoms with Gasteiger partial charge in [-0.1, -0.05) is 154 Å². The molecule has 0 saturated carbocycles. The molecule has 2 nitrogen and oxygen atoms in total. The van der Waals surface area contributed by atoms with Gasteiger partial charge in [0.1, 0.15) is 0 Å². The summed E-state index contributed by atoms with van der Waals surface area (Å²) in [6, 6.07) is 63.6. The number of rotatable bonds is 10. The molecule has 7 aromatic carbocycles. The third kappa shape index (κ3) is 6.93. The second-order valence-corrected chi connectivity index (χ2v) is 15.0. The number of fused-ring (bicyclic) bond motifs is 3. The van der Waals surface area contributed by atoms with Gasteiger partial charge in [0.15, 0.2) is 0 Å². The minimum absolute atomic E-state index is 0.0881. The van der Waals surface area contributed by atoms with Crippen molar-refractivity contribution in [2.24, 2.45) is 0 Å². The second-order valence-electron chi connectivity index (χ2n) is 15.0. The predicted octanol–water partition coefficient (Wildman–Crippen LogP) is 14.8. The third-order valence-electron chi connectivity index (χ3n) is 11.3. The number of nitrogens with zero attached hydrogens (tertiary/aromatic N) is 2. The minimum atomic E-state index is -0.0881. The second kappa shape index (κ2) is 15.2. The minimum Gasteiger partial charge on any atom is -0.315 e. The largest absolute Gasteiger partial charge is 0.315 e. The average Bonchev–Trinajstić information content (AvgIpc) is 3.56. The van der Waals surface area contributed by atoms with Gasteiger partial charge in [-0.25, -0.2) is 0 Å². The van der Waals surface area contributed by atoms with E-state index in [1.54, 1.807) is 0 Å². The van der Waals surface area contributed by atoms with Crippen LogP contribution in [0.3, 0.4) is 0 Å². The highest BCUT2D eigenvalue weighted by atomic mass is 15.1. The van der Waals surface area contributed by atoms with Crippen LogP contribution in [0.5, 0.6) is 0 Å². The Balaban J connectivity index is 1.18. The van der Waals surface area contributed by atoms with E-state index >= 15 is 0 Å². The Bertz CT molecular complexity index is 2640. The summed E-state index contributed by atoms with van der Waals surface area (Å²) < 4.78 is 2.37. The highest BCUT2D eigenvalue weighted by Gasteiger charge is 2.25. The van der Waals surface area contributed by atoms with E-state index in [0.29, 0.717) is 0 Å². The fourth-order valence-electron chi connectivity index (χ4n) is 8.31. The standard InChI is InChI=1S/C53H48N2/c1-6-44(53(4,5)50-23-15-13-17-38(50)2)31-25-39(3)54(46-32-26-41(27-33-46)40-18-9-7-10-19-40)47-34-28-42(29-35-47)43-30-36-52-49(37-43)48-22-14-16-24-51(48)55(52)45-20-11-8-12-21-45/h7-37H,6H2,1-5H3/b39-25+,44-31+. The molecule has 0 aliphatic rings. The Morgan fingerprint density at radius 2 is 1.07 bits per heavy atom. The third-order valence-corrected chi connectivity index (χ3v) is 11.3. The topological polar surface area (TPSA) is 8.17 Å². The molecule has 8 rings (SSSR count). The molecule has 0 N–H and O–H groups in total. The molecule has 0 spiro atoms. The quantitative estimate of drug-likeness (QED) is 0.128. The maximum atomic E-state index is 2.37. The maximum Gasteiger partial charge on any atom is 0.0541 e. The van der Waals surface area contributed by atoms with Crippen molar-refractivity contribution in [2.45, 2.75) is 46.5 Å². The van der Waals surface area contributed by atoms with Crippen LogP contribution >= 0.6 is 0 Å². The van der Waals surface area contributed by atoms with Gasteiger partial charge in [0.05, 0.1) is 11.0 Å².